The summed E-state index contributed by atoms with van der Waals surface area (Å²) in [4.78, 5) is 14.7. The van der Waals surface area contributed by atoms with Crippen LogP contribution in [0.1, 0.15) is 43.1 Å². The van der Waals surface area contributed by atoms with Crippen molar-refractivity contribution in [3.8, 4) is 0 Å². The monoisotopic (exact) mass is 282 g/mol. The molecule has 19 heavy (non-hydrogen) atoms. The number of hydrogen-bond donors (Lipinski definition) is 1. The summed E-state index contributed by atoms with van der Waals surface area (Å²) in [6.45, 7) is 2.74. The maximum atomic E-state index is 12.7. The Hall–Kier alpha value is -1.00. The zero-order chi connectivity index (χ0) is 13.6. The SMILES string of the molecule is CCn1cc(Cl)cc1C(=O)N1C2CCC1CC(O)C2. The highest BCUT2D eigenvalue weighted by Gasteiger charge is 2.43. The number of carbonyl (C=O) groups excluding carboxylic acids is 1. The molecule has 1 aromatic rings. The van der Waals surface area contributed by atoms with Crippen molar-refractivity contribution in [1.82, 2.24) is 9.47 Å². The number of carbonyl (C=O) groups is 1. The van der Waals surface area contributed by atoms with E-state index in [2.05, 4.69) is 0 Å². The van der Waals surface area contributed by atoms with Crippen LogP contribution >= 0.6 is 11.6 Å². The van der Waals surface area contributed by atoms with Crippen LogP contribution in [-0.2, 0) is 6.54 Å². The molecule has 1 amide bonds. The molecule has 2 saturated heterocycles. The molecular formula is C14H19ClN2O2. The van der Waals surface area contributed by atoms with Crippen LogP contribution in [0.5, 0.6) is 0 Å². The Kier molecular flexibility index (Phi) is 3.31. The first-order valence-electron chi connectivity index (χ1n) is 6.96. The minimum atomic E-state index is -0.247. The lowest BCUT2D eigenvalue weighted by molar-refractivity contribution is 0.0279. The maximum Gasteiger partial charge on any atom is 0.271 e. The number of aryl methyl sites for hydroxylation is 1. The van der Waals surface area contributed by atoms with Crippen molar-refractivity contribution >= 4 is 17.5 Å². The molecule has 1 aromatic heterocycles. The van der Waals surface area contributed by atoms with Gasteiger partial charge in [0.1, 0.15) is 5.69 Å². The summed E-state index contributed by atoms with van der Waals surface area (Å²) in [5.74, 6) is 0.0631. The highest BCUT2D eigenvalue weighted by atomic mass is 35.5. The zero-order valence-electron chi connectivity index (χ0n) is 11.1. The fraction of sp³-hybridized carbons (Fsp3) is 0.643. The van der Waals surface area contributed by atoms with E-state index >= 15 is 0 Å². The number of hydrogen-bond acceptors (Lipinski definition) is 2. The third-order valence-corrected chi connectivity index (χ3v) is 4.57. The summed E-state index contributed by atoms with van der Waals surface area (Å²) < 4.78 is 1.90. The van der Waals surface area contributed by atoms with Gasteiger partial charge in [0.05, 0.1) is 11.1 Å². The highest BCUT2D eigenvalue weighted by molar-refractivity contribution is 6.31. The van der Waals surface area contributed by atoms with E-state index in [4.69, 9.17) is 11.6 Å². The number of nitrogens with zero attached hydrogens (tertiary/aromatic N) is 2. The maximum absolute atomic E-state index is 12.7. The first-order chi connectivity index (χ1) is 9.10. The number of amides is 1. The van der Waals surface area contributed by atoms with E-state index < -0.39 is 0 Å². The van der Waals surface area contributed by atoms with Crippen molar-refractivity contribution in [3.05, 3.63) is 23.0 Å². The van der Waals surface area contributed by atoms with E-state index in [1.807, 2.05) is 16.4 Å². The van der Waals surface area contributed by atoms with Crippen molar-refractivity contribution in [2.24, 2.45) is 0 Å². The normalized spacial score (nSPS) is 29.8. The lowest BCUT2D eigenvalue weighted by Gasteiger charge is -2.37. The summed E-state index contributed by atoms with van der Waals surface area (Å²) in [6.07, 6.45) is 4.99. The summed E-state index contributed by atoms with van der Waals surface area (Å²) >= 11 is 6.01. The largest absolute Gasteiger partial charge is 0.393 e. The van der Waals surface area contributed by atoms with Gasteiger partial charge in [0.25, 0.3) is 5.91 Å². The molecule has 104 valence electrons. The molecule has 4 nitrogen and oxygen atoms in total. The Morgan fingerprint density at radius 2 is 2.05 bits per heavy atom. The zero-order valence-corrected chi connectivity index (χ0v) is 11.8. The first-order valence-corrected chi connectivity index (χ1v) is 7.34. The number of rotatable bonds is 2. The average Bonchev–Trinajstić information content (AvgIpc) is 2.87. The molecule has 0 aliphatic carbocycles. The fourth-order valence-electron chi connectivity index (χ4n) is 3.53. The lowest BCUT2D eigenvalue weighted by Crippen LogP contribution is -2.48. The van der Waals surface area contributed by atoms with Gasteiger partial charge in [-0.15, -0.1) is 0 Å². The van der Waals surface area contributed by atoms with Gasteiger partial charge in [-0.3, -0.25) is 4.79 Å². The molecule has 2 bridgehead atoms. The Balaban J connectivity index is 1.88. The average molecular weight is 283 g/mol. The van der Waals surface area contributed by atoms with E-state index in [-0.39, 0.29) is 24.1 Å². The summed E-state index contributed by atoms with van der Waals surface area (Å²) in [6, 6.07) is 2.14. The molecule has 2 unspecified atom stereocenters. The van der Waals surface area contributed by atoms with Crippen molar-refractivity contribution in [2.75, 3.05) is 0 Å². The topological polar surface area (TPSA) is 45.5 Å². The second-order valence-corrected chi connectivity index (χ2v) is 5.99. The van der Waals surface area contributed by atoms with Crippen LogP contribution in [0.2, 0.25) is 5.02 Å². The van der Waals surface area contributed by atoms with Crippen LogP contribution in [0.25, 0.3) is 0 Å². The molecule has 0 saturated carbocycles. The lowest BCUT2D eigenvalue weighted by atomic mass is 9.99. The number of aliphatic hydroxyl groups is 1. The molecule has 2 aliphatic heterocycles. The molecule has 5 heteroatoms. The quantitative estimate of drug-likeness (QED) is 0.905. The van der Waals surface area contributed by atoms with Gasteiger partial charge in [0.15, 0.2) is 0 Å². The molecule has 0 radical (unpaired) electrons. The van der Waals surface area contributed by atoms with Gasteiger partial charge in [-0.25, -0.2) is 0 Å². The van der Waals surface area contributed by atoms with E-state index in [9.17, 15) is 9.90 Å². The summed E-state index contributed by atoms with van der Waals surface area (Å²) in [7, 11) is 0. The Morgan fingerprint density at radius 1 is 1.42 bits per heavy atom. The Bertz CT molecular complexity index is 486. The molecule has 2 fully saturated rings. The van der Waals surface area contributed by atoms with Gasteiger partial charge in [0, 0.05) is 24.8 Å². The number of piperidine rings is 1. The van der Waals surface area contributed by atoms with Crippen LogP contribution in [0.4, 0.5) is 0 Å². The van der Waals surface area contributed by atoms with Crippen molar-refractivity contribution < 1.29 is 9.90 Å². The van der Waals surface area contributed by atoms with Crippen LogP contribution in [0, 0.1) is 0 Å². The molecule has 2 aliphatic rings. The van der Waals surface area contributed by atoms with E-state index in [1.165, 1.54) is 0 Å². The first kappa shape index (κ1) is 13.0. The van der Waals surface area contributed by atoms with Crippen molar-refractivity contribution in [2.45, 2.75) is 57.3 Å². The molecule has 0 aromatic carbocycles. The highest BCUT2D eigenvalue weighted by Crippen LogP contribution is 2.37. The van der Waals surface area contributed by atoms with E-state index in [1.54, 1.807) is 12.3 Å². The smallest absolute Gasteiger partial charge is 0.271 e. The number of aliphatic hydroxyl groups excluding tert-OH is 1. The van der Waals surface area contributed by atoms with Gasteiger partial charge in [0.2, 0.25) is 0 Å². The Morgan fingerprint density at radius 3 is 2.63 bits per heavy atom. The van der Waals surface area contributed by atoms with E-state index in [0.717, 1.165) is 19.4 Å². The molecule has 3 heterocycles. The molecule has 1 N–H and O–H groups in total. The number of fused-ring (bicyclic) bond motifs is 2. The molecule has 0 spiro atoms. The fourth-order valence-corrected chi connectivity index (χ4v) is 3.75. The van der Waals surface area contributed by atoms with Crippen molar-refractivity contribution in [1.29, 1.82) is 0 Å². The van der Waals surface area contributed by atoms with Crippen LogP contribution in [-0.4, -0.2) is 38.7 Å². The van der Waals surface area contributed by atoms with Gasteiger partial charge in [-0.1, -0.05) is 11.6 Å². The van der Waals surface area contributed by atoms with Crippen LogP contribution in [0.15, 0.2) is 12.3 Å². The van der Waals surface area contributed by atoms with Gasteiger partial charge in [-0.05, 0) is 38.7 Å². The second kappa shape index (κ2) is 4.84. The standard InChI is InChI=1S/C14H19ClN2O2/c1-2-16-8-9(15)5-13(16)14(19)17-10-3-4-11(17)7-12(18)6-10/h5,8,10-12,18H,2-4,6-7H2,1H3. The Labute approximate surface area is 118 Å². The van der Waals surface area contributed by atoms with E-state index in [0.29, 0.717) is 23.6 Å². The predicted molar refractivity (Wildman–Crippen MR) is 73.3 cm³/mol. The van der Waals surface area contributed by atoms with Gasteiger partial charge < -0.3 is 14.6 Å². The van der Waals surface area contributed by atoms with Crippen LogP contribution < -0.4 is 0 Å². The predicted octanol–water partition coefficient (Wildman–Crippen LogP) is 2.29. The third kappa shape index (κ3) is 2.17. The third-order valence-electron chi connectivity index (χ3n) is 4.37. The molecular weight excluding hydrogens is 264 g/mol. The minimum absolute atomic E-state index is 0.0631. The minimum Gasteiger partial charge on any atom is -0.393 e. The molecule has 2 atom stereocenters. The summed E-state index contributed by atoms with van der Waals surface area (Å²) in [5.41, 5.74) is 0.667. The van der Waals surface area contributed by atoms with Crippen molar-refractivity contribution in [3.63, 3.8) is 0 Å². The molecule has 3 rings (SSSR count). The second-order valence-electron chi connectivity index (χ2n) is 5.55. The van der Waals surface area contributed by atoms with Crippen LogP contribution in [0.3, 0.4) is 0 Å². The van der Waals surface area contributed by atoms with Gasteiger partial charge in [-0.2, -0.15) is 0 Å². The van der Waals surface area contributed by atoms with Gasteiger partial charge >= 0.3 is 0 Å². The summed E-state index contributed by atoms with van der Waals surface area (Å²) in [5, 5.41) is 10.4. The number of aromatic nitrogens is 1. The number of halogens is 1.